The van der Waals surface area contributed by atoms with Gasteiger partial charge in [0.1, 0.15) is 5.75 Å². The molecule has 1 atom stereocenters. The second kappa shape index (κ2) is 9.80. The molecular weight excluding hydrogens is 346 g/mol. The Labute approximate surface area is 171 Å². The third kappa shape index (κ3) is 5.35. The molecule has 0 bridgehead atoms. The van der Waals surface area contributed by atoms with E-state index in [1.165, 1.54) is 11.1 Å². The van der Waals surface area contributed by atoms with Gasteiger partial charge in [-0.25, -0.2) is 0 Å². The van der Waals surface area contributed by atoms with Crippen LogP contribution in [0.5, 0.6) is 5.75 Å². The van der Waals surface area contributed by atoms with Gasteiger partial charge in [-0.1, -0.05) is 63.6 Å². The maximum Gasteiger partial charge on any atom is 1.00 e. The molecule has 0 spiro atoms. The molecule has 0 amide bonds. The minimum absolute atomic E-state index is 0. The van der Waals surface area contributed by atoms with Crippen LogP contribution in [-0.4, -0.2) is 12.6 Å². The Kier molecular flexibility index (Phi) is 8.73. The van der Waals surface area contributed by atoms with E-state index in [4.69, 9.17) is 16.3 Å². The summed E-state index contributed by atoms with van der Waals surface area (Å²) in [7, 11) is 1.59. The molecule has 0 aromatic heterocycles. The van der Waals surface area contributed by atoms with Crippen LogP contribution in [0.3, 0.4) is 0 Å². The standard InChI is InChI=1S/C20H24ClO2P.Li.H/c1-12(2)14-9-10-15(13(3)4)18(11-14)24-20(22)19-16(21)7-6-8-17(19)23-5;;/h6-13,24H,1-5H3;;/q;+1;-1. The van der Waals surface area contributed by atoms with Crippen LogP contribution in [0.2, 0.25) is 5.02 Å². The van der Waals surface area contributed by atoms with E-state index >= 15 is 0 Å². The van der Waals surface area contributed by atoms with Crippen molar-refractivity contribution in [3.05, 3.63) is 58.1 Å². The number of ether oxygens (including phenoxy) is 1. The summed E-state index contributed by atoms with van der Waals surface area (Å²) < 4.78 is 5.32. The summed E-state index contributed by atoms with van der Waals surface area (Å²) in [5.41, 5.74) is 2.96. The van der Waals surface area contributed by atoms with Crippen LogP contribution in [0.25, 0.3) is 0 Å². The number of carbonyl (C=O) groups excluding carboxylic acids is 1. The van der Waals surface area contributed by atoms with Gasteiger partial charge in [0.05, 0.1) is 17.7 Å². The summed E-state index contributed by atoms with van der Waals surface area (Å²) in [6.07, 6.45) is 0. The fourth-order valence-electron chi connectivity index (χ4n) is 2.62. The van der Waals surface area contributed by atoms with Gasteiger partial charge >= 0.3 is 18.9 Å². The number of rotatable bonds is 6. The average Bonchev–Trinajstić information content (AvgIpc) is 2.53. The Morgan fingerprint density at radius 2 is 1.80 bits per heavy atom. The molecule has 0 aliphatic rings. The predicted octanol–water partition coefficient (Wildman–Crippen LogP) is 2.86. The molecule has 0 saturated carbocycles. The quantitative estimate of drug-likeness (QED) is 0.577. The van der Waals surface area contributed by atoms with Crippen LogP contribution in [0.1, 0.15) is 62.4 Å². The van der Waals surface area contributed by atoms with Crippen molar-refractivity contribution in [3.8, 4) is 5.75 Å². The van der Waals surface area contributed by atoms with E-state index in [0.29, 0.717) is 28.2 Å². The molecule has 25 heavy (non-hydrogen) atoms. The van der Waals surface area contributed by atoms with Crippen LogP contribution in [0.15, 0.2) is 36.4 Å². The van der Waals surface area contributed by atoms with Gasteiger partial charge in [0.15, 0.2) is 5.52 Å². The van der Waals surface area contributed by atoms with Crippen LogP contribution < -0.4 is 28.9 Å². The first-order valence-corrected chi connectivity index (χ1v) is 9.50. The second-order valence-electron chi connectivity index (χ2n) is 6.43. The number of methoxy groups -OCH3 is 1. The summed E-state index contributed by atoms with van der Waals surface area (Å²) >= 11 is 6.26. The smallest absolute Gasteiger partial charge is 1.00 e. The monoisotopic (exact) mass is 370 g/mol. The number of carbonyl (C=O) groups is 1. The van der Waals surface area contributed by atoms with E-state index in [1.807, 2.05) is 0 Å². The Bertz CT molecular complexity index is 751. The molecule has 0 fully saturated rings. The summed E-state index contributed by atoms with van der Waals surface area (Å²) in [6, 6.07) is 11.8. The Hall–Kier alpha value is -0.773. The molecule has 1 unspecified atom stereocenters. The van der Waals surface area contributed by atoms with E-state index in [0.717, 1.165) is 5.30 Å². The molecule has 0 aliphatic carbocycles. The fraction of sp³-hybridized carbons (Fsp3) is 0.350. The zero-order chi connectivity index (χ0) is 17.9. The van der Waals surface area contributed by atoms with Crippen LogP contribution in [0, 0.1) is 0 Å². The average molecular weight is 371 g/mol. The maximum absolute atomic E-state index is 12.9. The maximum atomic E-state index is 12.9. The normalized spacial score (nSPS) is 11.2. The Morgan fingerprint density at radius 3 is 2.36 bits per heavy atom. The SMILES string of the molecule is COc1cccc(Cl)c1C(=O)Pc1cc(C(C)C)ccc1C(C)C.[H-].[Li+]. The molecule has 0 aliphatic heterocycles. The van der Waals surface area contributed by atoms with Crippen molar-refractivity contribution in [2.75, 3.05) is 7.11 Å². The summed E-state index contributed by atoms with van der Waals surface area (Å²) in [6.45, 7) is 8.63. The summed E-state index contributed by atoms with van der Waals surface area (Å²) in [5.74, 6) is 1.33. The van der Waals surface area contributed by atoms with Crippen molar-refractivity contribution >= 4 is 31.0 Å². The fourth-order valence-corrected chi connectivity index (χ4v) is 4.34. The van der Waals surface area contributed by atoms with E-state index in [9.17, 15) is 4.79 Å². The van der Waals surface area contributed by atoms with Gasteiger partial charge in [0.2, 0.25) is 0 Å². The molecule has 130 valence electrons. The first kappa shape index (κ1) is 22.3. The predicted molar refractivity (Wildman–Crippen MR) is 106 cm³/mol. The largest absolute Gasteiger partial charge is 1.00 e. The van der Waals surface area contributed by atoms with Gasteiger partial charge < -0.3 is 6.16 Å². The van der Waals surface area contributed by atoms with Crippen molar-refractivity contribution in [2.24, 2.45) is 0 Å². The molecule has 2 aromatic carbocycles. The van der Waals surface area contributed by atoms with Crippen LogP contribution in [0.4, 0.5) is 0 Å². The third-order valence-corrected chi connectivity index (χ3v) is 5.53. The van der Waals surface area contributed by atoms with Crippen molar-refractivity contribution < 1.29 is 29.8 Å². The minimum atomic E-state index is 0. The van der Waals surface area contributed by atoms with Gasteiger partial charge in [-0.2, -0.15) is 0 Å². The number of hydrogen-bond donors (Lipinski definition) is 0. The van der Waals surface area contributed by atoms with Gasteiger partial charge in [0, 0.05) is 0 Å². The second-order valence-corrected chi connectivity index (χ2v) is 8.08. The molecular formula is C20H25ClLiO2P. The van der Waals surface area contributed by atoms with Crippen molar-refractivity contribution in [2.45, 2.75) is 39.5 Å². The molecule has 2 rings (SSSR count). The molecule has 2 aromatic rings. The number of hydrogen-bond acceptors (Lipinski definition) is 2. The zero-order valence-corrected chi connectivity index (χ0v) is 17.6. The molecule has 0 saturated heterocycles. The molecule has 0 heterocycles. The van der Waals surface area contributed by atoms with Gasteiger partial charge in [-0.15, -0.1) is 0 Å². The molecule has 0 radical (unpaired) electrons. The molecule has 2 nitrogen and oxygen atoms in total. The Balaban J connectivity index is 0.00000312. The van der Waals surface area contributed by atoms with Gasteiger partial charge in [-0.3, -0.25) is 4.79 Å². The Morgan fingerprint density at radius 1 is 1.12 bits per heavy atom. The topological polar surface area (TPSA) is 26.3 Å². The number of halogens is 1. The zero-order valence-electron chi connectivity index (χ0n) is 16.8. The van der Waals surface area contributed by atoms with E-state index in [-0.39, 0.29) is 34.4 Å². The molecule has 5 heteroatoms. The van der Waals surface area contributed by atoms with Crippen molar-refractivity contribution in [1.82, 2.24) is 0 Å². The van der Waals surface area contributed by atoms with Crippen LogP contribution in [-0.2, 0) is 0 Å². The van der Waals surface area contributed by atoms with Crippen LogP contribution >= 0.6 is 20.2 Å². The summed E-state index contributed by atoms with van der Waals surface area (Å²) in [4.78, 5) is 12.9. The minimum Gasteiger partial charge on any atom is -1.00 e. The third-order valence-electron chi connectivity index (χ3n) is 4.04. The van der Waals surface area contributed by atoms with Crippen molar-refractivity contribution in [1.29, 1.82) is 0 Å². The van der Waals surface area contributed by atoms with E-state index in [1.54, 1.807) is 25.3 Å². The van der Waals surface area contributed by atoms with Gasteiger partial charge in [-0.05, 0) is 49.0 Å². The number of benzene rings is 2. The van der Waals surface area contributed by atoms with E-state index < -0.39 is 0 Å². The first-order valence-electron chi connectivity index (χ1n) is 8.12. The van der Waals surface area contributed by atoms with Crippen molar-refractivity contribution in [3.63, 3.8) is 0 Å². The van der Waals surface area contributed by atoms with E-state index in [2.05, 4.69) is 45.9 Å². The first-order chi connectivity index (χ1) is 11.3. The summed E-state index contributed by atoms with van der Waals surface area (Å²) in [5, 5.41) is 1.54. The van der Waals surface area contributed by atoms with Gasteiger partial charge in [0.25, 0.3) is 0 Å². The molecule has 0 N–H and O–H groups in total.